The Morgan fingerprint density at radius 2 is 2.12 bits per heavy atom. The van der Waals surface area contributed by atoms with E-state index in [0.29, 0.717) is 12.0 Å². The van der Waals surface area contributed by atoms with E-state index in [4.69, 9.17) is 0 Å². The first kappa shape index (κ1) is 16.4. The number of carbonyl (C=O) groups excluding carboxylic acids is 1. The number of piperidine rings is 1. The molecule has 4 nitrogen and oxygen atoms in total. The zero-order valence-corrected chi connectivity index (χ0v) is 15.3. The third-order valence-corrected chi connectivity index (χ3v) is 6.74. The van der Waals surface area contributed by atoms with E-state index in [9.17, 15) is 4.79 Å². The van der Waals surface area contributed by atoms with Crippen LogP contribution in [0.2, 0.25) is 0 Å². The molecule has 0 radical (unpaired) electrons. The van der Waals surface area contributed by atoms with E-state index in [1.165, 1.54) is 45.2 Å². The first-order valence-electron chi connectivity index (χ1n) is 9.27. The average Bonchev–Trinajstić information content (AvgIpc) is 2.89. The fourth-order valence-corrected chi connectivity index (χ4v) is 5.00. The Labute approximate surface area is 149 Å². The number of aromatic nitrogens is 1. The Morgan fingerprint density at radius 1 is 1.25 bits per heavy atom. The zero-order valence-electron chi connectivity index (χ0n) is 14.5. The highest BCUT2D eigenvalue weighted by atomic mass is 32.2. The number of pyridine rings is 1. The highest BCUT2D eigenvalue weighted by Gasteiger charge is 2.38. The summed E-state index contributed by atoms with van der Waals surface area (Å²) in [6.45, 7) is 4.25. The predicted molar refractivity (Wildman–Crippen MR) is 97.3 cm³/mol. The van der Waals surface area contributed by atoms with Crippen LogP contribution in [0.4, 0.5) is 0 Å². The van der Waals surface area contributed by atoms with Crippen molar-refractivity contribution in [2.75, 3.05) is 32.4 Å². The maximum atomic E-state index is 13.1. The number of hydrogen-bond donors (Lipinski definition) is 0. The molecule has 0 aromatic carbocycles. The van der Waals surface area contributed by atoms with Crippen LogP contribution >= 0.6 is 11.8 Å². The summed E-state index contributed by atoms with van der Waals surface area (Å²) in [4.78, 5) is 22.3. The molecule has 4 heterocycles. The maximum Gasteiger partial charge on any atom is 0.256 e. The quantitative estimate of drug-likeness (QED) is 0.786. The molecule has 24 heavy (non-hydrogen) atoms. The SMILES string of the molecule is CSc1ncccc1C(=O)N1C[C@@H]2CC[C@H](C1)N(CC1CCC1)C2. The predicted octanol–water partition coefficient (Wildman–Crippen LogP) is 3.14. The van der Waals surface area contributed by atoms with Crippen LogP contribution in [0, 0.1) is 11.8 Å². The van der Waals surface area contributed by atoms with E-state index < -0.39 is 0 Å². The number of amides is 1. The number of carbonyl (C=O) groups is 1. The van der Waals surface area contributed by atoms with Gasteiger partial charge in [0.05, 0.1) is 5.56 Å². The monoisotopic (exact) mass is 345 g/mol. The standard InChI is InChI=1S/C19H27N3OS/c1-24-18-17(6-3-9-20-18)19(23)22-12-15-7-8-16(13-22)21(11-15)10-14-4-2-5-14/h3,6,9,14-16H,2,4-5,7-8,10-13H2,1H3/t15-,16-/m1/s1. The molecule has 4 fully saturated rings. The lowest BCUT2D eigenvalue weighted by molar-refractivity contribution is 0.0713. The van der Waals surface area contributed by atoms with Gasteiger partial charge in [0.15, 0.2) is 0 Å². The maximum absolute atomic E-state index is 13.1. The molecule has 3 saturated heterocycles. The van der Waals surface area contributed by atoms with Gasteiger partial charge in [0, 0.05) is 38.4 Å². The summed E-state index contributed by atoms with van der Waals surface area (Å²) in [6, 6.07) is 4.37. The van der Waals surface area contributed by atoms with Gasteiger partial charge in [0.1, 0.15) is 5.03 Å². The van der Waals surface area contributed by atoms with Crippen LogP contribution in [-0.4, -0.2) is 59.2 Å². The van der Waals surface area contributed by atoms with Crippen LogP contribution in [-0.2, 0) is 0 Å². The summed E-state index contributed by atoms with van der Waals surface area (Å²) in [5.41, 5.74) is 0.775. The molecule has 0 N–H and O–H groups in total. The molecular formula is C19H27N3OS. The molecule has 3 aliphatic heterocycles. The molecule has 0 spiro atoms. The van der Waals surface area contributed by atoms with Gasteiger partial charge >= 0.3 is 0 Å². The minimum absolute atomic E-state index is 0.176. The van der Waals surface area contributed by atoms with Crippen molar-refractivity contribution in [1.29, 1.82) is 0 Å². The van der Waals surface area contributed by atoms with E-state index in [-0.39, 0.29) is 5.91 Å². The van der Waals surface area contributed by atoms with E-state index in [2.05, 4.69) is 14.8 Å². The van der Waals surface area contributed by atoms with Crippen LogP contribution in [0.3, 0.4) is 0 Å². The molecule has 5 rings (SSSR count). The van der Waals surface area contributed by atoms with Crippen molar-refractivity contribution >= 4 is 17.7 Å². The van der Waals surface area contributed by atoms with Crippen molar-refractivity contribution in [1.82, 2.24) is 14.8 Å². The smallest absolute Gasteiger partial charge is 0.256 e. The van der Waals surface area contributed by atoms with Crippen LogP contribution < -0.4 is 0 Å². The second-order valence-electron chi connectivity index (χ2n) is 7.62. The van der Waals surface area contributed by atoms with Gasteiger partial charge in [-0.05, 0) is 55.9 Å². The normalized spacial score (nSPS) is 27.8. The van der Waals surface area contributed by atoms with Gasteiger partial charge in [-0.25, -0.2) is 4.98 Å². The second-order valence-corrected chi connectivity index (χ2v) is 8.41. The zero-order chi connectivity index (χ0) is 16.5. The van der Waals surface area contributed by atoms with E-state index in [0.717, 1.165) is 29.6 Å². The lowest BCUT2D eigenvalue weighted by Gasteiger charge is -2.40. The summed E-state index contributed by atoms with van der Waals surface area (Å²) >= 11 is 1.56. The fraction of sp³-hybridized carbons (Fsp3) is 0.684. The number of hydrogen-bond acceptors (Lipinski definition) is 4. The highest BCUT2D eigenvalue weighted by molar-refractivity contribution is 7.98. The highest BCUT2D eigenvalue weighted by Crippen LogP contribution is 2.33. The Balaban J connectivity index is 1.49. The van der Waals surface area contributed by atoms with Gasteiger partial charge in [-0.2, -0.15) is 0 Å². The molecule has 2 atom stereocenters. The van der Waals surface area contributed by atoms with Crippen molar-refractivity contribution in [3.8, 4) is 0 Å². The first-order valence-corrected chi connectivity index (χ1v) is 10.5. The minimum Gasteiger partial charge on any atom is -0.337 e. The number of thioether (sulfide) groups is 1. The summed E-state index contributed by atoms with van der Waals surface area (Å²) < 4.78 is 0. The van der Waals surface area contributed by atoms with E-state index >= 15 is 0 Å². The van der Waals surface area contributed by atoms with Gasteiger partial charge in [-0.15, -0.1) is 11.8 Å². The lowest BCUT2D eigenvalue weighted by Crippen LogP contribution is -2.47. The summed E-state index contributed by atoms with van der Waals surface area (Å²) in [5.74, 6) is 1.73. The molecule has 0 unspecified atom stereocenters. The largest absolute Gasteiger partial charge is 0.337 e. The Hall–Kier alpha value is -1.07. The van der Waals surface area contributed by atoms with Gasteiger partial charge in [0.25, 0.3) is 5.91 Å². The van der Waals surface area contributed by atoms with Gasteiger partial charge in [-0.1, -0.05) is 6.42 Å². The molecule has 1 amide bonds. The molecular weight excluding hydrogens is 318 g/mol. The molecule has 1 saturated carbocycles. The van der Waals surface area contributed by atoms with Crippen LogP contribution in [0.5, 0.6) is 0 Å². The second kappa shape index (κ2) is 7.04. The lowest BCUT2D eigenvalue weighted by atomic mass is 9.83. The van der Waals surface area contributed by atoms with Crippen molar-refractivity contribution in [2.45, 2.75) is 43.2 Å². The topological polar surface area (TPSA) is 36.4 Å². The van der Waals surface area contributed by atoms with Gasteiger partial charge in [-0.3, -0.25) is 9.69 Å². The van der Waals surface area contributed by atoms with Crippen molar-refractivity contribution in [3.63, 3.8) is 0 Å². The Morgan fingerprint density at radius 3 is 2.88 bits per heavy atom. The number of rotatable bonds is 4. The average molecular weight is 346 g/mol. The third kappa shape index (κ3) is 3.21. The summed E-state index contributed by atoms with van der Waals surface area (Å²) in [6.07, 6.45) is 10.5. The number of fused-ring (bicyclic) bond motifs is 4. The van der Waals surface area contributed by atoms with E-state index in [1.54, 1.807) is 18.0 Å². The molecule has 2 bridgehead atoms. The van der Waals surface area contributed by atoms with Crippen LogP contribution in [0.1, 0.15) is 42.5 Å². The first-order chi connectivity index (χ1) is 11.7. The molecule has 4 aliphatic rings. The van der Waals surface area contributed by atoms with Crippen LogP contribution in [0.25, 0.3) is 0 Å². The molecule has 1 aromatic rings. The third-order valence-electron chi connectivity index (χ3n) is 6.03. The van der Waals surface area contributed by atoms with Crippen molar-refractivity contribution in [2.24, 2.45) is 11.8 Å². The number of nitrogens with zero attached hydrogens (tertiary/aromatic N) is 3. The molecule has 130 valence electrons. The Bertz CT molecular complexity index is 604. The molecule has 1 aliphatic carbocycles. The fourth-order valence-electron chi connectivity index (χ4n) is 4.46. The van der Waals surface area contributed by atoms with Crippen molar-refractivity contribution in [3.05, 3.63) is 23.9 Å². The summed E-state index contributed by atoms with van der Waals surface area (Å²) in [7, 11) is 0. The summed E-state index contributed by atoms with van der Waals surface area (Å²) in [5, 5.41) is 0.852. The minimum atomic E-state index is 0.176. The van der Waals surface area contributed by atoms with Crippen molar-refractivity contribution < 1.29 is 4.79 Å². The van der Waals surface area contributed by atoms with E-state index in [1.807, 2.05) is 18.4 Å². The van der Waals surface area contributed by atoms with Gasteiger partial charge < -0.3 is 4.90 Å². The van der Waals surface area contributed by atoms with Crippen LogP contribution in [0.15, 0.2) is 23.4 Å². The molecule has 1 aromatic heterocycles. The molecule has 5 heteroatoms. The Kier molecular flexibility index (Phi) is 4.81. The van der Waals surface area contributed by atoms with Gasteiger partial charge in [0.2, 0.25) is 0 Å².